The van der Waals surface area contributed by atoms with E-state index in [2.05, 4.69) is 5.32 Å². The number of benzene rings is 2. The minimum absolute atomic E-state index is 0.113. The summed E-state index contributed by atoms with van der Waals surface area (Å²) in [5.41, 5.74) is 8.16. The highest BCUT2D eigenvalue weighted by atomic mass is 16.3. The predicted molar refractivity (Wildman–Crippen MR) is 79.6 cm³/mol. The highest BCUT2D eigenvalue weighted by Gasteiger charge is 2.17. The monoisotopic (exact) mass is 281 g/mol. The van der Waals surface area contributed by atoms with Crippen LogP contribution in [0.25, 0.3) is 0 Å². The van der Waals surface area contributed by atoms with Crippen molar-refractivity contribution in [2.45, 2.75) is 13.0 Å². The third-order valence-electron chi connectivity index (χ3n) is 3.10. The SMILES string of the molecule is Cc1ccc(C(N)C(=O)Nc2cc(C#N)ccc2O)cc1. The van der Waals surface area contributed by atoms with Gasteiger partial charge in [-0.2, -0.15) is 5.26 Å². The van der Waals surface area contributed by atoms with E-state index in [9.17, 15) is 9.90 Å². The predicted octanol–water partition coefficient (Wildman–Crippen LogP) is 2.21. The Bertz CT molecular complexity index is 702. The molecule has 1 unspecified atom stereocenters. The average Bonchev–Trinajstić information content (AvgIpc) is 2.49. The van der Waals surface area contributed by atoms with Gasteiger partial charge in [-0.3, -0.25) is 4.79 Å². The molecule has 1 atom stereocenters. The minimum Gasteiger partial charge on any atom is -0.506 e. The normalized spacial score (nSPS) is 11.5. The zero-order chi connectivity index (χ0) is 15.4. The number of nitrogens with one attached hydrogen (secondary N) is 1. The fraction of sp³-hybridized carbons (Fsp3) is 0.125. The summed E-state index contributed by atoms with van der Waals surface area (Å²) in [6, 6.07) is 12.6. The molecule has 4 N–H and O–H groups in total. The van der Waals surface area contributed by atoms with Crippen LogP contribution in [-0.2, 0) is 4.79 Å². The quantitative estimate of drug-likeness (QED) is 0.751. The van der Waals surface area contributed by atoms with Crippen molar-refractivity contribution >= 4 is 11.6 Å². The smallest absolute Gasteiger partial charge is 0.245 e. The zero-order valence-electron chi connectivity index (χ0n) is 11.5. The van der Waals surface area contributed by atoms with Crippen LogP contribution in [0.5, 0.6) is 5.75 Å². The second-order valence-corrected chi connectivity index (χ2v) is 4.72. The van der Waals surface area contributed by atoms with Gasteiger partial charge in [0.1, 0.15) is 11.8 Å². The van der Waals surface area contributed by atoms with E-state index in [1.54, 1.807) is 12.1 Å². The maximum atomic E-state index is 12.1. The molecule has 0 spiro atoms. The molecule has 0 fully saturated rings. The number of carbonyl (C=O) groups excluding carboxylic acids is 1. The van der Waals surface area contributed by atoms with Crippen LogP contribution in [0.4, 0.5) is 5.69 Å². The summed E-state index contributed by atoms with van der Waals surface area (Å²) in [5.74, 6) is -0.567. The summed E-state index contributed by atoms with van der Waals surface area (Å²) < 4.78 is 0. The highest BCUT2D eigenvalue weighted by molar-refractivity contribution is 5.96. The molecule has 5 nitrogen and oxygen atoms in total. The molecule has 0 bridgehead atoms. The van der Waals surface area contributed by atoms with Crippen molar-refractivity contribution < 1.29 is 9.90 Å². The molecule has 106 valence electrons. The number of amides is 1. The lowest BCUT2D eigenvalue weighted by Crippen LogP contribution is -2.27. The number of carbonyl (C=O) groups is 1. The number of rotatable bonds is 3. The van der Waals surface area contributed by atoms with Crippen LogP contribution in [-0.4, -0.2) is 11.0 Å². The number of hydrogen-bond donors (Lipinski definition) is 3. The van der Waals surface area contributed by atoms with E-state index in [4.69, 9.17) is 11.0 Å². The summed E-state index contributed by atoms with van der Waals surface area (Å²) in [4.78, 5) is 12.1. The van der Waals surface area contributed by atoms with E-state index >= 15 is 0 Å². The average molecular weight is 281 g/mol. The molecule has 21 heavy (non-hydrogen) atoms. The third kappa shape index (κ3) is 3.38. The Labute approximate surface area is 122 Å². The fourth-order valence-electron chi connectivity index (χ4n) is 1.84. The second kappa shape index (κ2) is 6.07. The Morgan fingerprint density at radius 2 is 1.95 bits per heavy atom. The van der Waals surface area contributed by atoms with Gasteiger partial charge in [0.25, 0.3) is 0 Å². The van der Waals surface area contributed by atoms with E-state index in [1.807, 2.05) is 25.1 Å². The number of nitriles is 1. The lowest BCUT2D eigenvalue weighted by atomic mass is 10.1. The van der Waals surface area contributed by atoms with Gasteiger partial charge >= 0.3 is 0 Å². The first-order valence-corrected chi connectivity index (χ1v) is 6.37. The molecule has 5 heteroatoms. The Morgan fingerprint density at radius 3 is 2.57 bits per heavy atom. The highest BCUT2D eigenvalue weighted by Crippen LogP contribution is 2.25. The van der Waals surface area contributed by atoms with Crippen molar-refractivity contribution in [1.82, 2.24) is 0 Å². The zero-order valence-corrected chi connectivity index (χ0v) is 11.5. The van der Waals surface area contributed by atoms with Crippen LogP contribution in [0.15, 0.2) is 42.5 Å². The number of phenols is 1. The Hall–Kier alpha value is -2.84. The molecule has 0 aliphatic heterocycles. The number of aryl methyl sites for hydroxylation is 1. The maximum absolute atomic E-state index is 12.1. The Kier molecular flexibility index (Phi) is 4.21. The number of hydrogen-bond acceptors (Lipinski definition) is 4. The lowest BCUT2D eigenvalue weighted by Gasteiger charge is -2.14. The maximum Gasteiger partial charge on any atom is 0.245 e. The number of anilines is 1. The molecule has 2 aromatic rings. The molecule has 0 saturated carbocycles. The lowest BCUT2D eigenvalue weighted by molar-refractivity contribution is -0.117. The molecule has 0 radical (unpaired) electrons. The van der Waals surface area contributed by atoms with Crippen LogP contribution < -0.4 is 11.1 Å². The first-order chi connectivity index (χ1) is 10.0. The number of nitrogens with zero attached hydrogens (tertiary/aromatic N) is 1. The fourth-order valence-corrected chi connectivity index (χ4v) is 1.84. The van der Waals surface area contributed by atoms with Crippen LogP contribution in [0.3, 0.4) is 0 Å². The Balaban J connectivity index is 2.18. The van der Waals surface area contributed by atoms with Gasteiger partial charge in [0.15, 0.2) is 0 Å². The van der Waals surface area contributed by atoms with E-state index in [1.165, 1.54) is 18.2 Å². The van der Waals surface area contributed by atoms with Gasteiger partial charge in [-0.05, 0) is 30.7 Å². The van der Waals surface area contributed by atoms with Gasteiger partial charge in [-0.15, -0.1) is 0 Å². The van der Waals surface area contributed by atoms with E-state index < -0.39 is 11.9 Å². The first-order valence-electron chi connectivity index (χ1n) is 6.37. The van der Waals surface area contributed by atoms with Crippen molar-refractivity contribution in [3.05, 3.63) is 59.2 Å². The van der Waals surface area contributed by atoms with Crippen molar-refractivity contribution in [1.29, 1.82) is 5.26 Å². The van der Waals surface area contributed by atoms with E-state index in [-0.39, 0.29) is 11.4 Å². The number of aromatic hydroxyl groups is 1. The first kappa shape index (κ1) is 14.6. The molecular weight excluding hydrogens is 266 g/mol. The summed E-state index contributed by atoms with van der Waals surface area (Å²) in [6.07, 6.45) is 0. The van der Waals surface area contributed by atoms with Gasteiger partial charge in [0.2, 0.25) is 5.91 Å². The summed E-state index contributed by atoms with van der Waals surface area (Å²) in [7, 11) is 0. The topological polar surface area (TPSA) is 99.1 Å². The molecule has 0 aromatic heterocycles. The van der Waals surface area contributed by atoms with Crippen LogP contribution in [0.2, 0.25) is 0 Å². The van der Waals surface area contributed by atoms with E-state index in [0.717, 1.165) is 5.56 Å². The van der Waals surface area contributed by atoms with Crippen molar-refractivity contribution in [2.24, 2.45) is 5.73 Å². The van der Waals surface area contributed by atoms with Gasteiger partial charge in [-0.25, -0.2) is 0 Å². The number of nitrogens with two attached hydrogens (primary N) is 1. The summed E-state index contributed by atoms with van der Waals surface area (Å²) >= 11 is 0. The molecule has 0 saturated heterocycles. The van der Waals surface area contributed by atoms with Gasteiger partial charge in [-0.1, -0.05) is 29.8 Å². The molecule has 2 rings (SSSR count). The molecular formula is C16H15N3O2. The molecule has 0 aliphatic carbocycles. The van der Waals surface area contributed by atoms with Crippen molar-refractivity contribution in [3.63, 3.8) is 0 Å². The van der Waals surface area contributed by atoms with Gasteiger partial charge < -0.3 is 16.2 Å². The molecule has 1 amide bonds. The van der Waals surface area contributed by atoms with Crippen molar-refractivity contribution in [2.75, 3.05) is 5.32 Å². The summed E-state index contributed by atoms with van der Waals surface area (Å²) in [6.45, 7) is 1.95. The minimum atomic E-state index is -0.851. The van der Waals surface area contributed by atoms with E-state index in [0.29, 0.717) is 11.1 Å². The molecule has 2 aromatic carbocycles. The van der Waals surface area contributed by atoms with Gasteiger partial charge in [0, 0.05) is 0 Å². The van der Waals surface area contributed by atoms with Gasteiger partial charge in [0.05, 0.1) is 17.3 Å². The molecule has 0 aliphatic rings. The molecule has 0 heterocycles. The number of phenolic OH excluding ortho intramolecular Hbond substituents is 1. The third-order valence-corrected chi connectivity index (χ3v) is 3.10. The van der Waals surface area contributed by atoms with Crippen LogP contribution in [0, 0.1) is 18.3 Å². The van der Waals surface area contributed by atoms with Crippen LogP contribution in [0.1, 0.15) is 22.7 Å². The Morgan fingerprint density at radius 1 is 1.29 bits per heavy atom. The second-order valence-electron chi connectivity index (χ2n) is 4.72. The standard InChI is InChI=1S/C16H15N3O2/c1-10-2-5-12(6-3-10)15(18)16(21)19-13-8-11(9-17)4-7-14(13)20/h2-8,15,20H,18H2,1H3,(H,19,21). The van der Waals surface area contributed by atoms with Crippen molar-refractivity contribution in [3.8, 4) is 11.8 Å². The largest absolute Gasteiger partial charge is 0.506 e. The van der Waals surface area contributed by atoms with Crippen LogP contribution >= 0.6 is 0 Å². The summed E-state index contributed by atoms with van der Waals surface area (Å²) in [5, 5.41) is 21.1.